The van der Waals surface area contributed by atoms with E-state index in [1.807, 2.05) is 12.1 Å². The maximum Gasteiger partial charge on any atom is 0.180 e. The van der Waals surface area contributed by atoms with E-state index in [4.69, 9.17) is 19.4 Å². The van der Waals surface area contributed by atoms with Gasteiger partial charge >= 0.3 is 0 Å². The maximum atomic E-state index is 6.10. The molecule has 0 N–H and O–H groups in total. The van der Waals surface area contributed by atoms with Crippen molar-refractivity contribution in [1.29, 1.82) is 0 Å². The second-order valence-electron chi connectivity index (χ2n) is 9.63. The van der Waals surface area contributed by atoms with Crippen LogP contribution in [-0.4, -0.2) is 23.2 Å². The summed E-state index contributed by atoms with van der Waals surface area (Å²) in [6, 6.07) is 29.6. The zero-order valence-corrected chi connectivity index (χ0v) is 23.0. The molecule has 0 saturated heterocycles. The first-order valence-electron chi connectivity index (χ1n) is 13.2. The molecule has 4 nitrogen and oxygen atoms in total. The van der Waals surface area contributed by atoms with Crippen molar-refractivity contribution in [1.82, 2.24) is 9.97 Å². The molecule has 192 valence electrons. The average molecular weight is 555 g/mol. The van der Waals surface area contributed by atoms with Gasteiger partial charge < -0.3 is 9.47 Å². The monoisotopic (exact) mass is 554 g/mol. The molecule has 0 amide bonds. The van der Waals surface area contributed by atoms with Gasteiger partial charge in [0.25, 0.3) is 0 Å². The smallest absolute Gasteiger partial charge is 0.180 e. The van der Waals surface area contributed by atoms with Crippen LogP contribution in [0.1, 0.15) is 22.8 Å². The van der Waals surface area contributed by atoms with E-state index in [-0.39, 0.29) is 0 Å². The number of nitrogens with zero attached hydrogens (tertiary/aromatic N) is 2. The number of rotatable bonds is 2. The molecule has 0 aliphatic carbocycles. The van der Waals surface area contributed by atoms with Crippen molar-refractivity contribution in [3.05, 3.63) is 108 Å². The topological polar surface area (TPSA) is 44.2 Å². The number of thiophene rings is 2. The van der Waals surface area contributed by atoms with E-state index in [9.17, 15) is 0 Å². The summed E-state index contributed by atoms with van der Waals surface area (Å²) in [4.78, 5) is 10.2. The Balaban J connectivity index is 1.53. The number of hydrogen-bond acceptors (Lipinski definition) is 6. The third-order valence-corrected chi connectivity index (χ3v) is 9.23. The average Bonchev–Trinajstić information content (AvgIpc) is 3.80. The lowest BCUT2D eigenvalue weighted by atomic mass is 10.0. The number of ether oxygens (including phenoxy) is 2. The van der Waals surface area contributed by atoms with Gasteiger partial charge in [-0.15, -0.1) is 22.7 Å². The molecule has 6 heteroatoms. The Kier molecular flexibility index (Phi) is 5.60. The maximum absolute atomic E-state index is 6.10. The standard InChI is InChI=1S/C34H22N2O2S2/c1-3-7-21(8-4-1)31-25-13-11-23(35-25)19-29-33-34(38-18-17-37-33)30(40-29)20-24-12-14-26(36-24)32(22-9-5-2-6-10-22)28-16-15-27(31)39-28/h1-16,19-20H,17-18H2. The first-order chi connectivity index (χ1) is 19.8. The Labute approximate surface area is 239 Å². The largest absolute Gasteiger partial charge is 0.485 e. The molecule has 0 spiro atoms. The molecule has 0 atom stereocenters. The molecular weight excluding hydrogens is 533 g/mol. The van der Waals surface area contributed by atoms with Crippen LogP contribution in [0.4, 0.5) is 0 Å². The molecule has 3 aromatic heterocycles. The molecule has 0 fully saturated rings. The van der Waals surface area contributed by atoms with E-state index in [2.05, 4.69) is 97.1 Å². The van der Waals surface area contributed by atoms with Crippen LogP contribution in [-0.2, 0) is 0 Å². The van der Waals surface area contributed by atoms with E-state index >= 15 is 0 Å². The van der Waals surface area contributed by atoms with Gasteiger partial charge in [-0.1, -0.05) is 60.7 Å². The predicted molar refractivity (Wildman–Crippen MR) is 168 cm³/mol. The minimum absolute atomic E-state index is 0.532. The van der Waals surface area contributed by atoms with Gasteiger partial charge in [0.05, 0.1) is 32.2 Å². The number of hydrogen-bond donors (Lipinski definition) is 0. The van der Waals surface area contributed by atoms with E-state index in [1.165, 1.54) is 0 Å². The summed E-state index contributed by atoms with van der Waals surface area (Å²) >= 11 is 3.42. The second kappa shape index (κ2) is 9.59. The van der Waals surface area contributed by atoms with Gasteiger partial charge in [-0.05, 0) is 59.7 Å². The van der Waals surface area contributed by atoms with Crippen LogP contribution in [0.25, 0.3) is 65.4 Å². The molecule has 8 bridgehead atoms. The van der Waals surface area contributed by atoms with Crippen LogP contribution < -0.4 is 9.47 Å². The summed E-state index contributed by atoms with van der Waals surface area (Å²) in [5, 5.41) is 0. The van der Waals surface area contributed by atoms with Gasteiger partial charge in [-0.25, -0.2) is 9.97 Å². The molecule has 40 heavy (non-hydrogen) atoms. The predicted octanol–water partition coefficient (Wildman–Crippen LogP) is 9.23. The highest BCUT2D eigenvalue weighted by atomic mass is 32.1. The lowest BCUT2D eigenvalue weighted by Crippen LogP contribution is -2.14. The lowest BCUT2D eigenvalue weighted by Gasteiger charge is -2.15. The number of fused-ring (bicyclic) bond motifs is 11. The Morgan fingerprint density at radius 1 is 0.500 bits per heavy atom. The van der Waals surface area contributed by atoms with E-state index < -0.39 is 0 Å². The second-order valence-corrected chi connectivity index (χ2v) is 11.8. The van der Waals surface area contributed by atoms with Gasteiger partial charge in [0.15, 0.2) is 11.5 Å². The molecule has 2 aromatic carbocycles. The van der Waals surface area contributed by atoms with Crippen LogP contribution in [0.5, 0.6) is 11.5 Å². The summed E-state index contributed by atoms with van der Waals surface area (Å²) in [5.41, 5.74) is 8.19. The summed E-state index contributed by atoms with van der Waals surface area (Å²) in [6.45, 7) is 1.06. The Morgan fingerprint density at radius 3 is 1.43 bits per heavy atom. The summed E-state index contributed by atoms with van der Waals surface area (Å²) in [6.07, 6.45) is 8.39. The summed E-state index contributed by atoms with van der Waals surface area (Å²) < 4.78 is 16.5. The van der Waals surface area contributed by atoms with Crippen molar-refractivity contribution in [3.8, 4) is 33.8 Å². The molecule has 6 heterocycles. The number of aromatic nitrogens is 2. The lowest BCUT2D eigenvalue weighted by molar-refractivity contribution is 0.177. The van der Waals surface area contributed by atoms with Crippen molar-refractivity contribution in [2.24, 2.45) is 0 Å². The normalized spacial score (nSPS) is 13.5. The Morgan fingerprint density at radius 2 is 0.950 bits per heavy atom. The highest BCUT2D eigenvalue weighted by molar-refractivity contribution is 7.24. The molecule has 5 aromatic rings. The third-order valence-electron chi connectivity index (χ3n) is 7.07. The first-order valence-corrected chi connectivity index (χ1v) is 14.8. The zero-order chi connectivity index (χ0) is 26.5. The molecule has 0 radical (unpaired) electrons. The quantitative estimate of drug-likeness (QED) is 0.214. The van der Waals surface area contributed by atoms with Gasteiger partial charge in [-0.2, -0.15) is 0 Å². The van der Waals surface area contributed by atoms with Gasteiger partial charge in [0.1, 0.15) is 13.2 Å². The van der Waals surface area contributed by atoms with Crippen LogP contribution >= 0.6 is 22.7 Å². The molecule has 3 aliphatic rings. The molecule has 0 saturated carbocycles. The van der Waals surface area contributed by atoms with Gasteiger partial charge in [0.2, 0.25) is 0 Å². The van der Waals surface area contributed by atoms with Crippen LogP contribution in [0.2, 0.25) is 0 Å². The van der Waals surface area contributed by atoms with Gasteiger partial charge in [0, 0.05) is 20.5 Å². The molecule has 8 rings (SSSR count). The van der Waals surface area contributed by atoms with Crippen molar-refractivity contribution < 1.29 is 9.47 Å². The van der Waals surface area contributed by atoms with Crippen LogP contribution in [0.3, 0.4) is 0 Å². The third kappa shape index (κ3) is 4.04. The Bertz CT molecular complexity index is 1860. The van der Waals surface area contributed by atoms with E-state index in [1.54, 1.807) is 22.7 Å². The van der Waals surface area contributed by atoms with Crippen molar-refractivity contribution in [3.63, 3.8) is 0 Å². The SMILES string of the molecule is C1=Cc2nc1cc1sc(cc3nc(c(-c4ccccc4)c4ccc(s4)c2-c2ccccc2)C=C3)c2c1OCCO2. The van der Waals surface area contributed by atoms with E-state index in [0.717, 1.165) is 75.3 Å². The fourth-order valence-corrected chi connectivity index (χ4v) is 7.54. The minimum Gasteiger partial charge on any atom is -0.485 e. The molecule has 0 unspecified atom stereocenters. The minimum atomic E-state index is 0.532. The Hall–Kier alpha value is -4.52. The van der Waals surface area contributed by atoms with Gasteiger partial charge in [-0.3, -0.25) is 0 Å². The highest BCUT2D eigenvalue weighted by Gasteiger charge is 2.20. The van der Waals surface area contributed by atoms with Crippen LogP contribution in [0.15, 0.2) is 84.9 Å². The molecular formula is C34H22N2O2S2. The van der Waals surface area contributed by atoms with E-state index in [0.29, 0.717) is 13.2 Å². The fraction of sp³-hybridized carbons (Fsp3) is 0.0588. The summed E-state index contributed by atoms with van der Waals surface area (Å²) in [5.74, 6) is 1.57. The van der Waals surface area contributed by atoms with Crippen molar-refractivity contribution in [2.75, 3.05) is 13.2 Å². The van der Waals surface area contributed by atoms with Crippen molar-refractivity contribution >= 4 is 65.8 Å². The zero-order valence-electron chi connectivity index (χ0n) is 21.3. The van der Waals surface area contributed by atoms with Crippen molar-refractivity contribution in [2.45, 2.75) is 0 Å². The molecule has 3 aliphatic heterocycles. The first kappa shape index (κ1) is 23.4. The highest BCUT2D eigenvalue weighted by Crippen LogP contribution is 2.46. The fourth-order valence-electron chi connectivity index (χ4n) is 5.30. The summed E-state index contributed by atoms with van der Waals surface area (Å²) in [7, 11) is 0. The number of benzene rings is 2. The van der Waals surface area contributed by atoms with Crippen LogP contribution in [0, 0.1) is 0 Å².